The van der Waals surface area contributed by atoms with Crippen molar-refractivity contribution < 1.29 is 4.79 Å². The van der Waals surface area contributed by atoms with Gasteiger partial charge in [-0.15, -0.1) is 0 Å². The Morgan fingerprint density at radius 3 is 2.44 bits per heavy atom. The number of imidazole rings is 1. The lowest BCUT2D eigenvalue weighted by Gasteiger charge is -2.36. The lowest BCUT2D eigenvalue weighted by atomic mass is 10.2. The number of hydrogen-bond acceptors (Lipinski definition) is 3. The number of aromatic amines is 1. The van der Waals surface area contributed by atoms with E-state index in [4.69, 9.17) is 0 Å². The maximum Gasteiger partial charge on any atom is 0.325 e. The molecule has 0 aliphatic carbocycles. The fourth-order valence-corrected chi connectivity index (χ4v) is 3.35. The molecule has 1 saturated heterocycles. The molecule has 0 atom stereocenters. The van der Waals surface area contributed by atoms with Gasteiger partial charge in [-0.05, 0) is 38.5 Å². The molecule has 1 N–H and O–H groups in total. The minimum absolute atomic E-state index is 0.119. The van der Waals surface area contributed by atoms with Gasteiger partial charge in [-0.2, -0.15) is 0 Å². The highest BCUT2D eigenvalue weighted by Gasteiger charge is 2.21. The molecule has 1 aromatic carbocycles. The summed E-state index contributed by atoms with van der Waals surface area (Å²) in [5.74, 6) is 0.119. The number of hydrogen-bond donors (Lipinski definition) is 1. The molecule has 1 aromatic heterocycles. The van der Waals surface area contributed by atoms with E-state index in [1.54, 1.807) is 4.57 Å². The van der Waals surface area contributed by atoms with Crippen LogP contribution in [0.3, 0.4) is 0 Å². The van der Waals surface area contributed by atoms with Crippen LogP contribution in [0.1, 0.15) is 23.4 Å². The van der Waals surface area contributed by atoms with Crippen LogP contribution in [0, 0.1) is 20.8 Å². The SMILES string of the molecule is Cc1cccc(N2CCN(C(=O)CCn3c(C)c(C)[nH]c3=O)CC2)c1. The van der Waals surface area contributed by atoms with Gasteiger partial charge in [0, 0.05) is 56.2 Å². The predicted octanol–water partition coefficient (Wildman–Crippen LogP) is 1.84. The number of carbonyl (C=O) groups excluding carboxylic acids is 1. The lowest BCUT2D eigenvalue weighted by Crippen LogP contribution is -2.49. The summed E-state index contributed by atoms with van der Waals surface area (Å²) in [7, 11) is 0. The first-order chi connectivity index (χ1) is 12.0. The molecule has 25 heavy (non-hydrogen) atoms. The molecule has 0 spiro atoms. The molecule has 1 aliphatic rings. The Hall–Kier alpha value is -2.50. The molecule has 6 heteroatoms. The molecule has 1 aliphatic heterocycles. The van der Waals surface area contributed by atoms with E-state index in [9.17, 15) is 9.59 Å². The Bertz CT molecular complexity index is 813. The summed E-state index contributed by atoms with van der Waals surface area (Å²) in [6.45, 7) is 9.45. The molecule has 1 fully saturated rings. The molecular weight excluding hydrogens is 316 g/mol. The number of H-pyrrole nitrogens is 1. The van der Waals surface area contributed by atoms with Crippen LogP contribution in [0.15, 0.2) is 29.1 Å². The molecule has 3 rings (SSSR count). The van der Waals surface area contributed by atoms with Crippen LogP contribution in [0.5, 0.6) is 0 Å². The second kappa shape index (κ2) is 7.17. The zero-order chi connectivity index (χ0) is 18.0. The maximum atomic E-state index is 12.5. The molecule has 0 radical (unpaired) electrons. The van der Waals surface area contributed by atoms with Crippen LogP contribution >= 0.6 is 0 Å². The summed E-state index contributed by atoms with van der Waals surface area (Å²) in [4.78, 5) is 31.3. The predicted molar refractivity (Wildman–Crippen MR) is 99.1 cm³/mol. The van der Waals surface area contributed by atoms with Crippen molar-refractivity contribution in [2.24, 2.45) is 0 Å². The van der Waals surface area contributed by atoms with Gasteiger partial charge in [0.1, 0.15) is 0 Å². The molecule has 1 amide bonds. The van der Waals surface area contributed by atoms with Gasteiger partial charge < -0.3 is 14.8 Å². The van der Waals surface area contributed by atoms with Crippen molar-refractivity contribution in [1.29, 1.82) is 0 Å². The second-order valence-electron chi connectivity index (χ2n) is 6.75. The smallest absolute Gasteiger partial charge is 0.325 e. The molecule has 134 valence electrons. The Morgan fingerprint density at radius 2 is 1.84 bits per heavy atom. The Morgan fingerprint density at radius 1 is 1.12 bits per heavy atom. The Kier molecular flexibility index (Phi) is 4.97. The number of amides is 1. The average molecular weight is 342 g/mol. The first-order valence-corrected chi connectivity index (χ1v) is 8.81. The first kappa shape index (κ1) is 17.3. The Labute approximate surface area is 148 Å². The molecular formula is C19H26N4O2. The van der Waals surface area contributed by atoms with E-state index in [0.717, 1.165) is 37.6 Å². The van der Waals surface area contributed by atoms with Crippen LogP contribution < -0.4 is 10.6 Å². The van der Waals surface area contributed by atoms with Gasteiger partial charge in [-0.3, -0.25) is 9.36 Å². The minimum Gasteiger partial charge on any atom is -0.368 e. The van der Waals surface area contributed by atoms with E-state index in [1.165, 1.54) is 11.3 Å². The van der Waals surface area contributed by atoms with Gasteiger partial charge in [-0.1, -0.05) is 12.1 Å². The van der Waals surface area contributed by atoms with Gasteiger partial charge in [0.2, 0.25) is 5.91 Å². The first-order valence-electron chi connectivity index (χ1n) is 8.81. The quantitative estimate of drug-likeness (QED) is 0.922. The van der Waals surface area contributed by atoms with Crippen LogP contribution in [0.2, 0.25) is 0 Å². The molecule has 0 unspecified atom stereocenters. The normalized spacial score (nSPS) is 14.8. The van der Waals surface area contributed by atoms with Gasteiger partial charge in [-0.25, -0.2) is 4.79 Å². The summed E-state index contributed by atoms with van der Waals surface area (Å²) in [5, 5.41) is 0. The van der Waals surface area contributed by atoms with E-state index in [-0.39, 0.29) is 11.6 Å². The Balaban J connectivity index is 1.54. The summed E-state index contributed by atoms with van der Waals surface area (Å²) in [5.41, 5.74) is 4.11. The third-order valence-electron chi connectivity index (χ3n) is 5.04. The van der Waals surface area contributed by atoms with Gasteiger partial charge in [0.15, 0.2) is 0 Å². The van der Waals surface area contributed by atoms with Crippen LogP contribution in [-0.4, -0.2) is 46.5 Å². The highest BCUT2D eigenvalue weighted by atomic mass is 16.2. The van der Waals surface area contributed by atoms with Crippen molar-refractivity contribution in [2.45, 2.75) is 33.7 Å². The van der Waals surface area contributed by atoms with Crippen LogP contribution in [0.25, 0.3) is 0 Å². The number of benzene rings is 1. The molecule has 6 nitrogen and oxygen atoms in total. The minimum atomic E-state index is -0.132. The third-order valence-corrected chi connectivity index (χ3v) is 5.04. The molecule has 2 aromatic rings. The summed E-state index contributed by atoms with van der Waals surface area (Å²) >= 11 is 0. The van der Waals surface area contributed by atoms with Crippen molar-refractivity contribution in [3.05, 3.63) is 51.7 Å². The fourth-order valence-electron chi connectivity index (χ4n) is 3.35. The highest BCUT2D eigenvalue weighted by Crippen LogP contribution is 2.18. The number of aryl methyl sites for hydroxylation is 2. The number of anilines is 1. The number of rotatable bonds is 4. The van der Waals surface area contributed by atoms with E-state index in [0.29, 0.717) is 13.0 Å². The lowest BCUT2D eigenvalue weighted by molar-refractivity contribution is -0.131. The van der Waals surface area contributed by atoms with Crippen molar-refractivity contribution in [1.82, 2.24) is 14.5 Å². The van der Waals surface area contributed by atoms with Gasteiger partial charge >= 0.3 is 5.69 Å². The summed E-state index contributed by atoms with van der Waals surface area (Å²) < 4.78 is 1.65. The van der Waals surface area contributed by atoms with Gasteiger partial charge in [0.05, 0.1) is 0 Å². The van der Waals surface area contributed by atoms with E-state index in [2.05, 4.69) is 41.1 Å². The topological polar surface area (TPSA) is 61.3 Å². The summed E-state index contributed by atoms with van der Waals surface area (Å²) in [6, 6.07) is 8.46. The van der Waals surface area contributed by atoms with E-state index < -0.39 is 0 Å². The molecule has 0 bridgehead atoms. The van der Waals surface area contributed by atoms with Crippen LogP contribution in [-0.2, 0) is 11.3 Å². The summed E-state index contributed by atoms with van der Waals surface area (Å²) in [6.07, 6.45) is 0.364. The molecule has 2 heterocycles. The zero-order valence-corrected chi connectivity index (χ0v) is 15.2. The second-order valence-corrected chi connectivity index (χ2v) is 6.75. The van der Waals surface area contributed by atoms with Crippen LogP contribution in [0.4, 0.5) is 5.69 Å². The number of aromatic nitrogens is 2. The van der Waals surface area contributed by atoms with Crippen molar-refractivity contribution in [3.8, 4) is 0 Å². The number of piperazine rings is 1. The standard InChI is InChI=1S/C19H26N4O2/c1-14-5-4-6-17(13-14)21-9-11-22(12-10-21)18(24)7-8-23-16(3)15(2)20-19(23)25/h4-6,13H,7-12H2,1-3H3,(H,20,25). The average Bonchev–Trinajstić information content (AvgIpc) is 2.85. The number of carbonyl (C=O) groups is 1. The fraction of sp³-hybridized carbons (Fsp3) is 0.474. The number of nitrogens with one attached hydrogen (secondary N) is 1. The van der Waals surface area contributed by atoms with E-state index >= 15 is 0 Å². The maximum absolute atomic E-state index is 12.5. The number of nitrogens with zero attached hydrogens (tertiary/aromatic N) is 3. The monoisotopic (exact) mass is 342 g/mol. The third kappa shape index (κ3) is 3.78. The van der Waals surface area contributed by atoms with E-state index in [1.807, 2.05) is 18.7 Å². The van der Waals surface area contributed by atoms with Gasteiger partial charge in [0.25, 0.3) is 0 Å². The molecule has 0 saturated carbocycles. The van der Waals surface area contributed by atoms with Crippen molar-refractivity contribution in [3.63, 3.8) is 0 Å². The van der Waals surface area contributed by atoms with Crippen molar-refractivity contribution in [2.75, 3.05) is 31.1 Å². The largest absolute Gasteiger partial charge is 0.368 e. The van der Waals surface area contributed by atoms with Crippen molar-refractivity contribution >= 4 is 11.6 Å². The zero-order valence-electron chi connectivity index (χ0n) is 15.2. The highest BCUT2D eigenvalue weighted by molar-refractivity contribution is 5.76.